The molecule has 5 rings (SSSR count). The van der Waals surface area contributed by atoms with Crippen LogP contribution < -0.4 is 10.6 Å². The fraction of sp³-hybridized carbons (Fsp3) is 0.233. The van der Waals surface area contributed by atoms with E-state index in [2.05, 4.69) is 60.2 Å². The lowest BCUT2D eigenvalue weighted by atomic mass is 10.1. The number of amides is 2. The number of piperazine rings is 1. The Hall–Kier alpha value is -4.23. The fourth-order valence-corrected chi connectivity index (χ4v) is 4.58. The number of rotatable bonds is 8. The molecule has 0 bridgehead atoms. The van der Waals surface area contributed by atoms with E-state index in [1.807, 2.05) is 47.1 Å². The normalized spacial score (nSPS) is 13.4. The summed E-state index contributed by atoms with van der Waals surface area (Å²) in [7, 11) is 0. The van der Waals surface area contributed by atoms with E-state index in [0.717, 1.165) is 22.4 Å². The van der Waals surface area contributed by atoms with Crippen LogP contribution in [0.4, 0.5) is 0 Å². The fourth-order valence-electron chi connectivity index (χ4n) is 4.58. The van der Waals surface area contributed by atoms with Crippen molar-refractivity contribution in [3.8, 4) is 11.3 Å². The van der Waals surface area contributed by atoms with Crippen molar-refractivity contribution in [2.45, 2.75) is 26.6 Å². The quantitative estimate of drug-likeness (QED) is 0.392. The van der Waals surface area contributed by atoms with Crippen molar-refractivity contribution >= 4 is 11.8 Å². The van der Waals surface area contributed by atoms with Crippen LogP contribution in [0.2, 0.25) is 0 Å². The van der Waals surface area contributed by atoms with Gasteiger partial charge in [0.25, 0.3) is 5.91 Å². The number of hydrogen-bond donors (Lipinski definition) is 2. The summed E-state index contributed by atoms with van der Waals surface area (Å²) >= 11 is 0. The first-order valence-electron chi connectivity index (χ1n) is 12.6. The largest absolute Gasteiger partial charge is 0.353 e. The molecule has 7 nitrogen and oxygen atoms in total. The van der Waals surface area contributed by atoms with Gasteiger partial charge in [-0.1, -0.05) is 66.2 Å². The second kappa shape index (κ2) is 11.2. The van der Waals surface area contributed by atoms with E-state index in [9.17, 15) is 9.59 Å². The molecule has 0 atom stereocenters. The summed E-state index contributed by atoms with van der Waals surface area (Å²) in [5.74, 6) is -0.222. The summed E-state index contributed by atoms with van der Waals surface area (Å²) in [5.41, 5.74) is 7.33. The molecule has 1 aromatic heterocycles. The predicted molar refractivity (Wildman–Crippen MR) is 144 cm³/mol. The second-order valence-corrected chi connectivity index (χ2v) is 9.43. The van der Waals surface area contributed by atoms with Crippen molar-refractivity contribution in [2.24, 2.45) is 0 Å². The Balaban J connectivity index is 1.26. The monoisotopic (exact) mass is 493 g/mol. The standard InChI is InChI=1S/C30H31N5O2/c1-22-6-5-9-26(16-22)29-27(20-35(33-29)19-24-7-3-2-4-8-24)18-31-17-23-10-12-25(13-11-23)30(37)34-15-14-32-28(36)21-34/h2-13,16,20,31H,14-15,17-19,21H2,1H3,(H,32,36). The van der Waals surface area contributed by atoms with Crippen LogP contribution in [0.15, 0.2) is 85.1 Å². The molecule has 0 saturated carbocycles. The summed E-state index contributed by atoms with van der Waals surface area (Å²) in [4.78, 5) is 25.9. The van der Waals surface area contributed by atoms with E-state index in [1.54, 1.807) is 4.90 Å². The Kier molecular flexibility index (Phi) is 7.42. The number of hydrogen-bond acceptors (Lipinski definition) is 4. The summed E-state index contributed by atoms with van der Waals surface area (Å²) in [5, 5.41) is 11.2. The molecule has 0 aliphatic carbocycles. The third-order valence-electron chi connectivity index (χ3n) is 6.49. The van der Waals surface area contributed by atoms with E-state index in [0.29, 0.717) is 38.3 Å². The van der Waals surface area contributed by atoms with Crippen LogP contribution in [0.3, 0.4) is 0 Å². The number of carbonyl (C=O) groups is 2. The topological polar surface area (TPSA) is 79.3 Å². The molecule has 1 aliphatic rings. The van der Waals surface area contributed by atoms with Crippen LogP contribution in [0.25, 0.3) is 11.3 Å². The van der Waals surface area contributed by atoms with Crippen molar-refractivity contribution in [2.75, 3.05) is 19.6 Å². The molecule has 1 aliphatic heterocycles. The van der Waals surface area contributed by atoms with Crippen molar-refractivity contribution in [3.05, 3.63) is 113 Å². The lowest BCUT2D eigenvalue weighted by Crippen LogP contribution is -2.49. The summed E-state index contributed by atoms with van der Waals surface area (Å²) in [6, 6.07) is 26.4. The van der Waals surface area contributed by atoms with Crippen LogP contribution in [0, 0.1) is 6.92 Å². The minimum absolute atomic E-state index is 0.108. The van der Waals surface area contributed by atoms with Crippen LogP contribution in [-0.2, 0) is 24.4 Å². The maximum atomic E-state index is 12.7. The lowest BCUT2D eigenvalue weighted by molar-refractivity contribution is -0.123. The zero-order chi connectivity index (χ0) is 25.6. The Labute approximate surface area is 217 Å². The average molecular weight is 494 g/mol. The van der Waals surface area contributed by atoms with Crippen LogP contribution in [-0.4, -0.2) is 46.1 Å². The number of benzene rings is 3. The molecule has 0 unspecified atom stereocenters. The molecule has 1 fully saturated rings. The highest BCUT2D eigenvalue weighted by molar-refractivity contribution is 5.97. The molecule has 37 heavy (non-hydrogen) atoms. The minimum Gasteiger partial charge on any atom is -0.353 e. The Morgan fingerprint density at radius 3 is 2.54 bits per heavy atom. The van der Waals surface area contributed by atoms with E-state index in [-0.39, 0.29) is 18.4 Å². The molecule has 4 aromatic rings. The SMILES string of the molecule is Cc1cccc(-c2nn(Cc3ccccc3)cc2CNCc2ccc(C(=O)N3CCNC(=O)C3)cc2)c1. The third-order valence-corrected chi connectivity index (χ3v) is 6.49. The van der Waals surface area contributed by atoms with Gasteiger partial charge in [-0.05, 0) is 36.2 Å². The van der Waals surface area contributed by atoms with Gasteiger partial charge in [0, 0.05) is 49.1 Å². The van der Waals surface area contributed by atoms with Crippen molar-refractivity contribution < 1.29 is 9.59 Å². The number of carbonyl (C=O) groups excluding carboxylic acids is 2. The number of aryl methyl sites for hydroxylation is 1. The number of nitrogens with one attached hydrogen (secondary N) is 2. The van der Waals surface area contributed by atoms with Crippen LogP contribution >= 0.6 is 0 Å². The van der Waals surface area contributed by atoms with Gasteiger partial charge in [0.1, 0.15) is 0 Å². The van der Waals surface area contributed by atoms with Gasteiger partial charge in [0.15, 0.2) is 0 Å². The minimum atomic E-state index is -0.113. The number of aromatic nitrogens is 2. The van der Waals surface area contributed by atoms with Gasteiger partial charge in [0.05, 0.1) is 18.8 Å². The smallest absolute Gasteiger partial charge is 0.254 e. The highest BCUT2D eigenvalue weighted by atomic mass is 16.2. The van der Waals surface area contributed by atoms with Gasteiger partial charge in [-0.3, -0.25) is 14.3 Å². The van der Waals surface area contributed by atoms with Gasteiger partial charge in [-0.15, -0.1) is 0 Å². The maximum Gasteiger partial charge on any atom is 0.254 e. The Bertz CT molecular complexity index is 1380. The van der Waals surface area contributed by atoms with Gasteiger partial charge < -0.3 is 15.5 Å². The molecule has 7 heteroatoms. The van der Waals surface area contributed by atoms with E-state index >= 15 is 0 Å². The molecular formula is C30H31N5O2. The molecule has 2 N–H and O–H groups in total. The Morgan fingerprint density at radius 2 is 1.78 bits per heavy atom. The first-order chi connectivity index (χ1) is 18.0. The van der Waals surface area contributed by atoms with Crippen LogP contribution in [0.5, 0.6) is 0 Å². The second-order valence-electron chi connectivity index (χ2n) is 9.43. The van der Waals surface area contributed by atoms with Crippen molar-refractivity contribution in [1.82, 2.24) is 25.3 Å². The van der Waals surface area contributed by atoms with Gasteiger partial charge >= 0.3 is 0 Å². The Morgan fingerprint density at radius 1 is 0.973 bits per heavy atom. The van der Waals surface area contributed by atoms with Crippen molar-refractivity contribution in [1.29, 1.82) is 0 Å². The van der Waals surface area contributed by atoms with E-state index < -0.39 is 0 Å². The molecule has 0 spiro atoms. The summed E-state index contributed by atoms with van der Waals surface area (Å²) in [6.45, 7) is 5.29. The summed E-state index contributed by atoms with van der Waals surface area (Å²) in [6.07, 6.45) is 2.12. The van der Waals surface area contributed by atoms with Crippen LogP contribution in [0.1, 0.15) is 32.6 Å². The highest BCUT2D eigenvalue weighted by Gasteiger charge is 2.22. The zero-order valence-electron chi connectivity index (χ0n) is 21.0. The molecule has 1 saturated heterocycles. The van der Waals surface area contributed by atoms with Gasteiger partial charge in [0.2, 0.25) is 5.91 Å². The molecular weight excluding hydrogens is 462 g/mol. The average Bonchev–Trinajstić information content (AvgIpc) is 3.31. The first-order valence-corrected chi connectivity index (χ1v) is 12.6. The van der Waals surface area contributed by atoms with Gasteiger partial charge in [-0.2, -0.15) is 5.10 Å². The van der Waals surface area contributed by atoms with Gasteiger partial charge in [-0.25, -0.2) is 0 Å². The third kappa shape index (κ3) is 6.13. The molecule has 2 amide bonds. The van der Waals surface area contributed by atoms with E-state index in [4.69, 9.17) is 5.10 Å². The molecule has 2 heterocycles. The lowest BCUT2D eigenvalue weighted by Gasteiger charge is -2.26. The summed E-state index contributed by atoms with van der Waals surface area (Å²) < 4.78 is 2.01. The predicted octanol–water partition coefficient (Wildman–Crippen LogP) is 3.77. The zero-order valence-corrected chi connectivity index (χ0v) is 21.0. The number of nitrogens with zero attached hydrogens (tertiary/aromatic N) is 3. The van der Waals surface area contributed by atoms with E-state index in [1.165, 1.54) is 11.1 Å². The molecule has 188 valence electrons. The first kappa shape index (κ1) is 24.5. The molecule has 0 radical (unpaired) electrons. The highest BCUT2D eigenvalue weighted by Crippen LogP contribution is 2.24. The molecule has 3 aromatic carbocycles. The maximum absolute atomic E-state index is 12.7. The van der Waals surface area contributed by atoms with Crippen molar-refractivity contribution in [3.63, 3.8) is 0 Å².